The van der Waals surface area contributed by atoms with Crippen molar-refractivity contribution in [1.29, 1.82) is 0 Å². The van der Waals surface area contributed by atoms with Crippen molar-refractivity contribution in [3.63, 3.8) is 0 Å². The van der Waals surface area contributed by atoms with E-state index in [1.165, 1.54) is 10.5 Å². The highest BCUT2D eigenvalue weighted by atomic mass is 16.6. The highest BCUT2D eigenvalue weighted by Crippen LogP contribution is 2.57. The van der Waals surface area contributed by atoms with Crippen LogP contribution in [0.3, 0.4) is 0 Å². The lowest BCUT2D eigenvalue weighted by Gasteiger charge is -2.59. The van der Waals surface area contributed by atoms with Crippen molar-refractivity contribution in [2.75, 3.05) is 27.8 Å². The van der Waals surface area contributed by atoms with Gasteiger partial charge in [-0.15, -0.1) is 0 Å². The Kier molecular flexibility index (Phi) is 5.31. The quantitative estimate of drug-likeness (QED) is 0.659. The fraction of sp³-hybridized carbons (Fsp3) is 0.826. The summed E-state index contributed by atoms with van der Waals surface area (Å²) in [5, 5.41) is 0. The molecule has 6 heteroatoms. The SMILES string of the molecule is COC1CC2OCC2C2CC3CCC(C)=C(C(OC(=O)N(C)C)C(=O)C12C)C3C. The van der Waals surface area contributed by atoms with Crippen LogP contribution < -0.4 is 0 Å². The van der Waals surface area contributed by atoms with Gasteiger partial charge in [0, 0.05) is 33.5 Å². The van der Waals surface area contributed by atoms with Gasteiger partial charge in [-0.1, -0.05) is 12.5 Å². The van der Waals surface area contributed by atoms with Crippen LogP contribution in [0.15, 0.2) is 11.1 Å². The Hall–Kier alpha value is -1.40. The first-order chi connectivity index (χ1) is 13.7. The second-order valence-electron chi connectivity index (χ2n) is 9.97. The highest BCUT2D eigenvalue weighted by molar-refractivity contribution is 5.94. The number of amides is 1. The van der Waals surface area contributed by atoms with Crippen LogP contribution in [-0.2, 0) is 19.0 Å². The lowest BCUT2D eigenvalue weighted by Crippen LogP contribution is -2.65. The van der Waals surface area contributed by atoms with E-state index in [-0.39, 0.29) is 29.8 Å². The molecule has 162 valence electrons. The first kappa shape index (κ1) is 20.9. The molecule has 6 nitrogen and oxygen atoms in total. The third-order valence-corrected chi connectivity index (χ3v) is 8.44. The van der Waals surface area contributed by atoms with Gasteiger partial charge in [0.05, 0.1) is 24.2 Å². The molecule has 1 saturated heterocycles. The summed E-state index contributed by atoms with van der Waals surface area (Å²) in [6.07, 6.45) is 2.50. The van der Waals surface area contributed by atoms with Gasteiger partial charge < -0.3 is 19.1 Å². The molecule has 0 aromatic heterocycles. The molecular weight excluding hydrogens is 370 g/mol. The van der Waals surface area contributed by atoms with Crippen molar-refractivity contribution in [2.24, 2.45) is 29.1 Å². The standard InChI is InChI=1S/C23H35NO5/c1-12-7-8-14-9-16-15-11-28-17(15)10-18(27-6)23(16,3)21(25)20(19(12)13(14)2)29-22(26)24(4)5/h13-18,20H,7-11H2,1-6H3. The molecule has 3 fully saturated rings. The van der Waals surface area contributed by atoms with E-state index >= 15 is 0 Å². The minimum Gasteiger partial charge on any atom is -0.433 e. The fourth-order valence-electron chi connectivity index (χ4n) is 6.50. The topological polar surface area (TPSA) is 65.1 Å². The number of hydrogen-bond acceptors (Lipinski definition) is 5. The molecule has 0 N–H and O–H groups in total. The Balaban J connectivity index is 1.82. The zero-order valence-electron chi connectivity index (χ0n) is 18.6. The van der Waals surface area contributed by atoms with Crippen LogP contribution in [0.4, 0.5) is 4.79 Å². The largest absolute Gasteiger partial charge is 0.433 e. The molecule has 2 saturated carbocycles. The molecule has 0 radical (unpaired) electrons. The summed E-state index contributed by atoms with van der Waals surface area (Å²) in [7, 11) is 5.00. The van der Waals surface area contributed by atoms with Crippen molar-refractivity contribution in [3.8, 4) is 0 Å². The van der Waals surface area contributed by atoms with Crippen molar-refractivity contribution in [1.82, 2.24) is 4.90 Å². The lowest BCUT2D eigenvalue weighted by molar-refractivity contribution is -0.233. The van der Waals surface area contributed by atoms with E-state index in [1.807, 2.05) is 0 Å². The molecule has 4 rings (SSSR count). The number of fused-ring (bicyclic) bond motifs is 5. The summed E-state index contributed by atoms with van der Waals surface area (Å²) < 4.78 is 17.6. The number of Topliss-reactive ketones (excluding diaryl/α,β-unsaturated/α-hetero) is 1. The van der Waals surface area contributed by atoms with E-state index in [2.05, 4.69) is 20.8 Å². The number of allylic oxidation sites excluding steroid dienone is 1. The predicted molar refractivity (Wildman–Crippen MR) is 108 cm³/mol. The summed E-state index contributed by atoms with van der Waals surface area (Å²) in [6, 6.07) is 0. The molecule has 3 aliphatic carbocycles. The van der Waals surface area contributed by atoms with Crippen LogP contribution in [0.2, 0.25) is 0 Å². The Bertz CT molecular complexity index is 731. The van der Waals surface area contributed by atoms with E-state index in [0.717, 1.165) is 37.9 Å². The predicted octanol–water partition coefficient (Wildman–Crippen LogP) is 3.44. The van der Waals surface area contributed by atoms with Gasteiger partial charge in [0.25, 0.3) is 0 Å². The van der Waals surface area contributed by atoms with Crippen LogP contribution in [0.5, 0.6) is 0 Å². The number of ketones is 1. The number of methoxy groups -OCH3 is 1. The first-order valence-corrected chi connectivity index (χ1v) is 11.0. The van der Waals surface area contributed by atoms with Crippen LogP contribution in [0, 0.1) is 29.1 Å². The maximum Gasteiger partial charge on any atom is 0.410 e. The maximum atomic E-state index is 14.2. The van der Waals surface area contributed by atoms with Gasteiger partial charge in [-0.05, 0) is 56.4 Å². The Morgan fingerprint density at radius 3 is 2.59 bits per heavy atom. The summed E-state index contributed by atoms with van der Waals surface area (Å²) >= 11 is 0. The first-order valence-electron chi connectivity index (χ1n) is 11.0. The van der Waals surface area contributed by atoms with Gasteiger partial charge in [0.1, 0.15) is 0 Å². The molecular formula is C23H35NO5. The molecule has 2 bridgehead atoms. The number of ether oxygens (including phenoxy) is 3. The van der Waals surface area contributed by atoms with E-state index < -0.39 is 17.6 Å². The van der Waals surface area contributed by atoms with Crippen LogP contribution >= 0.6 is 0 Å². The average Bonchev–Trinajstić information content (AvgIpc) is 2.65. The van der Waals surface area contributed by atoms with Crippen molar-refractivity contribution in [3.05, 3.63) is 11.1 Å². The average molecular weight is 406 g/mol. The van der Waals surface area contributed by atoms with Crippen molar-refractivity contribution >= 4 is 11.9 Å². The number of rotatable bonds is 2. The van der Waals surface area contributed by atoms with E-state index in [1.54, 1.807) is 21.2 Å². The minimum atomic E-state index is -0.828. The molecule has 0 aromatic carbocycles. The molecule has 1 aliphatic heterocycles. The molecule has 8 atom stereocenters. The van der Waals surface area contributed by atoms with E-state index in [4.69, 9.17) is 14.2 Å². The van der Waals surface area contributed by atoms with Crippen molar-refractivity contribution in [2.45, 2.75) is 64.8 Å². The van der Waals surface area contributed by atoms with Crippen LogP contribution in [-0.4, -0.2) is 62.9 Å². The Morgan fingerprint density at radius 1 is 1.28 bits per heavy atom. The van der Waals surface area contributed by atoms with Crippen LogP contribution in [0.25, 0.3) is 0 Å². The molecule has 1 heterocycles. The maximum absolute atomic E-state index is 14.2. The number of nitrogens with zero attached hydrogens (tertiary/aromatic N) is 1. The van der Waals surface area contributed by atoms with Crippen LogP contribution in [0.1, 0.15) is 46.5 Å². The third-order valence-electron chi connectivity index (χ3n) is 8.44. The summed E-state index contributed by atoms with van der Waals surface area (Å²) in [5.41, 5.74) is 1.55. The van der Waals surface area contributed by atoms with E-state index in [0.29, 0.717) is 11.8 Å². The van der Waals surface area contributed by atoms with E-state index in [9.17, 15) is 9.59 Å². The summed E-state index contributed by atoms with van der Waals surface area (Å²) in [6.45, 7) is 7.08. The normalized spacial score (nSPS) is 44.1. The van der Waals surface area contributed by atoms with Gasteiger partial charge in [-0.3, -0.25) is 4.79 Å². The molecule has 29 heavy (non-hydrogen) atoms. The van der Waals surface area contributed by atoms with Gasteiger partial charge in [0.15, 0.2) is 11.9 Å². The second-order valence-corrected chi connectivity index (χ2v) is 9.97. The molecule has 4 aliphatic rings. The van der Waals surface area contributed by atoms with Gasteiger partial charge >= 0.3 is 6.09 Å². The van der Waals surface area contributed by atoms with Gasteiger partial charge in [0.2, 0.25) is 0 Å². The highest BCUT2D eigenvalue weighted by Gasteiger charge is 2.63. The minimum absolute atomic E-state index is 0.0106. The number of hydrogen-bond donors (Lipinski definition) is 0. The number of carbonyl (C=O) groups excluding carboxylic acids is 2. The third kappa shape index (κ3) is 3.05. The molecule has 8 unspecified atom stereocenters. The fourth-order valence-corrected chi connectivity index (χ4v) is 6.50. The van der Waals surface area contributed by atoms with Crippen molar-refractivity contribution < 1.29 is 23.8 Å². The number of carbonyl (C=O) groups is 2. The Labute approximate surface area is 173 Å². The molecule has 1 amide bonds. The molecule has 0 spiro atoms. The lowest BCUT2D eigenvalue weighted by atomic mass is 9.51. The smallest absolute Gasteiger partial charge is 0.410 e. The van der Waals surface area contributed by atoms with Gasteiger partial charge in [-0.2, -0.15) is 0 Å². The monoisotopic (exact) mass is 405 g/mol. The molecule has 0 aromatic rings. The van der Waals surface area contributed by atoms with Gasteiger partial charge in [-0.25, -0.2) is 4.79 Å². The zero-order valence-corrected chi connectivity index (χ0v) is 18.6. The Morgan fingerprint density at radius 2 is 2.00 bits per heavy atom. The summed E-state index contributed by atoms with van der Waals surface area (Å²) in [5.74, 6) is 1.32. The zero-order chi connectivity index (χ0) is 21.1. The second kappa shape index (κ2) is 7.38. The summed E-state index contributed by atoms with van der Waals surface area (Å²) in [4.78, 5) is 28.1.